The molecule has 0 saturated carbocycles. The summed E-state index contributed by atoms with van der Waals surface area (Å²) in [5.74, 6) is -0.801. The Kier molecular flexibility index (Phi) is 11.2. The van der Waals surface area contributed by atoms with Gasteiger partial charge in [-0.05, 0) is 61.8 Å². The minimum Gasteiger partial charge on any atom is -0.453 e. The van der Waals surface area contributed by atoms with Gasteiger partial charge in [0.1, 0.15) is 35.4 Å². The second-order valence-corrected chi connectivity index (χ2v) is 16.3. The first-order valence-corrected chi connectivity index (χ1v) is 19.9. The van der Waals surface area contributed by atoms with Crippen molar-refractivity contribution < 1.29 is 37.4 Å². The number of aromatic amines is 2. The van der Waals surface area contributed by atoms with Crippen LogP contribution in [0.1, 0.15) is 77.1 Å². The average molecular weight is 805 g/mol. The fourth-order valence-electron chi connectivity index (χ4n) is 7.81. The summed E-state index contributed by atoms with van der Waals surface area (Å²) in [6.45, 7) is 8.36. The monoisotopic (exact) mass is 804 g/mol. The van der Waals surface area contributed by atoms with Gasteiger partial charge in [0, 0.05) is 46.1 Å². The number of nitrogens with one attached hydrogen (secondary N) is 4. The lowest BCUT2D eigenvalue weighted by Gasteiger charge is -2.29. The molecular formula is C40H46F2N8O6S. The van der Waals surface area contributed by atoms with Gasteiger partial charge >= 0.3 is 12.2 Å². The Labute approximate surface area is 331 Å². The van der Waals surface area contributed by atoms with Crippen molar-refractivity contribution in [2.24, 2.45) is 11.8 Å². The van der Waals surface area contributed by atoms with Gasteiger partial charge in [0.2, 0.25) is 11.8 Å². The molecule has 4 N–H and O–H groups in total. The van der Waals surface area contributed by atoms with Crippen LogP contribution in [0.25, 0.3) is 42.9 Å². The van der Waals surface area contributed by atoms with E-state index in [2.05, 4.69) is 30.6 Å². The van der Waals surface area contributed by atoms with Crippen LogP contribution in [0.2, 0.25) is 0 Å². The third kappa shape index (κ3) is 7.76. The van der Waals surface area contributed by atoms with Crippen LogP contribution < -0.4 is 10.6 Å². The number of nitrogens with zero attached hydrogens (tertiary/aromatic N) is 4. The molecule has 3 aromatic heterocycles. The predicted molar refractivity (Wildman–Crippen MR) is 210 cm³/mol. The molecule has 0 bridgehead atoms. The number of amides is 4. The summed E-state index contributed by atoms with van der Waals surface area (Å²) in [5, 5.41) is 5.29. The average Bonchev–Trinajstić information content (AvgIpc) is 4.03. The SMILES string of the molecule is COC(=O)N[C@H](C(=O)N1CCC[C@H]1c1nc2cc(F)c(-c3ccc(-c4cc5[nH]c([C@@H]6CCCN6C(=O)[C@@H](NC(=O)OC)C(C)C)nc5cc4F)s3)cc2[nH]1)C(C)C. The molecule has 57 heavy (non-hydrogen) atoms. The smallest absolute Gasteiger partial charge is 0.407 e. The molecule has 2 aliphatic heterocycles. The fraction of sp³-hybridized carbons (Fsp3) is 0.450. The summed E-state index contributed by atoms with van der Waals surface area (Å²) in [6, 6.07) is 7.21. The number of hydrogen-bond donors (Lipinski definition) is 4. The number of likely N-dealkylation sites (tertiary alicyclic amines) is 2. The molecule has 2 aliphatic rings. The lowest BCUT2D eigenvalue weighted by atomic mass is 10.0. The first-order valence-electron chi connectivity index (χ1n) is 19.1. The van der Waals surface area contributed by atoms with Gasteiger partial charge < -0.3 is 39.9 Å². The van der Waals surface area contributed by atoms with Crippen LogP contribution in [-0.2, 0) is 19.1 Å². The van der Waals surface area contributed by atoms with Crippen molar-refractivity contribution in [3.63, 3.8) is 0 Å². The molecule has 17 heteroatoms. The van der Waals surface area contributed by atoms with Crippen LogP contribution in [0.4, 0.5) is 18.4 Å². The lowest BCUT2D eigenvalue weighted by molar-refractivity contribution is -0.136. The quantitative estimate of drug-likeness (QED) is 0.115. The number of rotatable bonds is 10. The van der Waals surface area contributed by atoms with E-state index in [0.717, 1.165) is 12.8 Å². The standard InChI is InChI=1S/C40H46F2N8O6S/c1-19(2)33(47-39(53)55-5)37(51)49-13-7-9-29(49)35-43-25-15-21(23(41)17-27(25)45-35)31-11-12-32(57-31)22-16-26-28(18-24(22)42)46-36(44-26)30-10-8-14-50(30)38(52)34(20(3)4)48-40(54)56-6/h11-12,15-20,29-30,33-34H,7-10,13-14H2,1-6H3,(H,43,45)(H,44,46)(H,47,53)(H,48,54)/t29-,30-,33-,34-/m0/s1. The van der Waals surface area contributed by atoms with Crippen molar-refractivity contribution in [3.8, 4) is 20.9 Å². The minimum atomic E-state index is -0.783. The third-order valence-corrected chi connectivity index (χ3v) is 12.0. The van der Waals surface area contributed by atoms with Gasteiger partial charge in [0.25, 0.3) is 0 Å². The van der Waals surface area contributed by atoms with Crippen molar-refractivity contribution in [1.29, 1.82) is 0 Å². The van der Waals surface area contributed by atoms with Gasteiger partial charge in [-0.2, -0.15) is 0 Å². The molecule has 0 spiro atoms. The van der Waals surface area contributed by atoms with E-state index in [4.69, 9.17) is 9.47 Å². The topological polar surface area (TPSA) is 175 Å². The number of benzene rings is 2. The highest BCUT2D eigenvalue weighted by molar-refractivity contribution is 7.18. The molecule has 2 saturated heterocycles. The Balaban J connectivity index is 1.12. The number of aromatic nitrogens is 4. The molecule has 2 fully saturated rings. The Morgan fingerprint density at radius 2 is 1.12 bits per heavy atom. The van der Waals surface area contributed by atoms with E-state index in [9.17, 15) is 19.2 Å². The molecular weight excluding hydrogens is 759 g/mol. The fourth-order valence-corrected chi connectivity index (χ4v) is 8.85. The van der Waals surface area contributed by atoms with Crippen LogP contribution in [-0.4, -0.2) is 93.1 Å². The van der Waals surface area contributed by atoms with Crippen LogP contribution in [0.3, 0.4) is 0 Å². The number of H-pyrrole nitrogens is 2. The maximum Gasteiger partial charge on any atom is 0.407 e. The number of carbonyl (C=O) groups is 4. The third-order valence-electron chi connectivity index (χ3n) is 10.8. The molecule has 4 amide bonds. The number of imidazole rings is 2. The Bertz CT molecular complexity index is 2180. The number of halogens is 2. The molecule has 14 nitrogen and oxygen atoms in total. The molecule has 5 aromatic rings. The maximum atomic E-state index is 15.8. The number of hydrogen-bond acceptors (Lipinski definition) is 9. The van der Waals surface area contributed by atoms with Crippen molar-refractivity contribution in [3.05, 3.63) is 59.7 Å². The van der Waals surface area contributed by atoms with E-state index in [1.165, 1.54) is 37.7 Å². The summed E-state index contributed by atoms with van der Waals surface area (Å²) < 4.78 is 41.0. The molecule has 2 aromatic carbocycles. The number of alkyl carbamates (subject to hydrolysis) is 2. The van der Waals surface area contributed by atoms with Gasteiger partial charge in [-0.3, -0.25) is 9.59 Å². The zero-order valence-electron chi connectivity index (χ0n) is 32.6. The van der Waals surface area contributed by atoms with Crippen molar-refractivity contribution in [2.75, 3.05) is 27.3 Å². The van der Waals surface area contributed by atoms with E-state index >= 15 is 8.78 Å². The van der Waals surface area contributed by atoms with Gasteiger partial charge in [0.15, 0.2) is 0 Å². The van der Waals surface area contributed by atoms with E-state index in [0.29, 0.717) is 80.5 Å². The zero-order valence-corrected chi connectivity index (χ0v) is 33.4. The predicted octanol–water partition coefficient (Wildman–Crippen LogP) is 7.20. The van der Waals surface area contributed by atoms with E-state index < -0.39 is 35.9 Å². The van der Waals surface area contributed by atoms with Crippen LogP contribution in [0, 0.1) is 23.5 Å². The molecule has 5 heterocycles. The number of fused-ring (bicyclic) bond motifs is 2. The molecule has 0 radical (unpaired) electrons. The largest absolute Gasteiger partial charge is 0.453 e. The van der Waals surface area contributed by atoms with E-state index in [-0.39, 0.29) is 35.7 Å². The number of ether oxygens (including phenoxy) is 2. The highest BCUT2D eigenvalue weighted by atomic mass is 32.1. The van der Waals surface area contributed by atoms with Crippen molar-refractivity contribution in [1.82, 2.24) is 40.4 Å². The first-order chi connectivity index (χ1) is 27.3. The number of thiophene rings is 1. The maximum absolute atomic E-state index is 15.8. The van der Waals surface area contributed by atoms with Crippen LogP contribution in [0.15, 0.2) is 36.4 Å². The zero-order chi connectivity index (χ0) is 40.7. The van der Waals surface area contributed by atoms with Crippen molar-refractivity contribution >= 4 is 57.4 Å². The lowest BCUT2D eigenvalue weighted by Crippen LogP contribution is -2.51. The second-order valence-electron chi connectivity index (χ2n) is 15.2. The van der Waals surface area contributed by atoms with Gasteiger partial charge in [0.05, 0.1) is 48.4 Å². The Morgan fingerprint density at radius 3 is 1.49 bits per heavy atom. The number of methoxy groups -OCH3 is 2. The Morgan fingerprint density at radius 1 is 0.719 bits per heavy atom. The Hall–Kier alpha value is -5.58. The highest BCUT2D eigenvalue weighted by Crippen LogP contribution is 2.40. The van der Waals surface area contributed by atoms with Gasteiger partial charge in [-0.15, -0.1) is 11.3 Å². The first kappa shape index (κ1) is 39.6. The summed E-state index contributed by atoms with van der Waals surface area (Å²) in [6.07, 6.45) is 1.41. The molecule has 4 atom stereocenters. The second kappa shape index (κ2) is 16.1. The molecule has 302 valence electrons. The summed E-state index contributed by atoms with van der Waals surface area (Å²) >= 11 is 1.24. The van der Waals surface area contributed by atoms with Gasteiger partial charge in [-0.1, -0.05) is 27.7 Å². The van der Waals surface area contributed by atoms with Crippen LogP contribution >= 0.6 is 11.3 Å². The highest BCUT2D eigenvalue weighted by Gasteiger charge is 2.39. The van der Waals surface area contributed by atoms with E-state index in [1.54, 1.807) is 34.1 Å². The minimum absolute atomic E-state index is 0.185. The van der Waals surface area contributed by atoms with Crippen molar-refractivity contribution in [2.45, 2.75) is 77.5 Å². The van der Waals surface area contributed by atoms with Gasteiger partial charge in [-0.25, -0.2) is 28.3 Å². The van der Waals surface area contributed by atoms with Crippen LogP contribution in [0.5, 0.6) is 0 Å². The normalized spacial score (nSPS) is 18.1. The molecule has 0 unspecified atom stereocenters. The summed E-state index contributed by atoms with van der Waals surface area (Å²) in [4.78, 5) is 71.7. The summed E-state index contributed by atoms with van der Waals surface area (Å²) in [5.41, 5.74) is 2.61. The summed E-state index contributed by atoms with van der Waals surface area (Å²) in [7, 11) is 2.50. The molecule has 0 aliphatic carbocycles. The van der Waals surface area contributed by atoms with E-state index in [1.807, 2.05) is 27.7 Å². The number of carbonyl (C=O) groups excluding carboxylic acids is 4. The molecule has 7 rings (SSSR count).